The number of ether oxygens (including phenoxy) is 1. The quantitative estimate of drug-likeness (QED) is 0.531. The van der Waals surface area contributed by atoms with Crippen molar-refractivity contribution in [3.8, 4) is 16.9 Å². The van der Waals surface area contributed by atoms with Crippen molar-refractivity contribution in [2.45, 2.75) is 39.0 Å². The second kappa shape index (κ2) is 10.9. The number of nitrogens with one attached hydrogen (secondary N) is 2. The molecule has 138 valence electrons. The summed E-state index contributed by atoms with van der Waals surface area (Å²) >= 11 is 0. The number of amides is 2. The molecule has 2 rings (SSSR count). The van der Waals surface area contributed by atoms with Gasteiger partial charge in [-0.3, -0.25) is 20.4 Å². The molecule has 0 radical (unpaired) electrons. The summed E-state index contributed by atoms with van der Waals surface area (Å²) in [6, 6.07) is 17.6. The van der Waals surface area contributed by atoms with Crippen molar-refractivity contribution in [3.63, 3.8) is 0 Å². The number of benzene rings is 2. The monoisotopic (exact) mass is 354 g/mol. The lowest BCUT2D eigenvalue weighted by Gasteiger charge is -2.09. The Morgan fingerprint density at radius 3 is 2.15 bits per heavy atom. The van der Waals surface area contributed by atoms with Gasteiger partial charge in [0.2, 0.25) is 5.91 Å². The zero-order valence-corrected chi connectivity index (χ0v) is 15.2. The fraction of sp³-hybridized carbons (Fsp3) is 0.333. The van der Waals surface area contributed by atoms with Gasteiger partial charge in [-0.15, -0.1) is 0 Å². The Morgan fingerprint density at radius 2 is 1.46 bits per heavy atom. The first-order valence-corrected chi connectivity index (χ1v) is 9.05. The summed E-state index contributed by atoms with van der Waals surface area (Å²) in [6.45, 7) is 1.97. The number of unbranched alkanes of at least 4 members (excludes halogenated alkanes) is 3. The molecule has 0 aliphatic heterocycles. The Morgan fingerprint density at radius 1 is 0.808 bits per heavy atom. The molecule has 0 aliphatic carbocycles. The molecule has 0 atom stereocenters. The van der Waals surface area contributed by atoms with Crippen LogP contribution in [0.1, 0.15) is 39.0 Å². The summed E-state index contributed by atoms with van der Waals surface area (Å²) in [4.78, 5) is 23.3. The third-order valence-corrected chi connectivity index (χ3v) is 3.93. The van der Waals surface area contributed by atoms with E-state index in [0.29, 0.717) is 12.2 Å². The van der Waals surface area contributed by atoms with Crippen molar-refractivity contribution in [2.75, 3.05) is 6.61 Å². The van der Waals surface area contributed by atoms with Crippen molar-refractivity contribution in [3.05, 3.63) is 54.6 Å². The number of hydrogen-bond donors (Lipinski definition) is 2. The maximum absolute atomic E-state index is 11.7. The van der Waals surface area contributed by atoms with Crippen LogP contribution in [-0.2, 0) is 9.59 Å². The molecule has 5 nitrogen and oxygen atoms in total. The first-order chi connectivity index (χ1) is 12.7. The van der Waals surface area contributed by atoms with E-state index in [0.717, 1.165) is 36.8 Å². The minimum absolute atomic E-state index is 0.152. The lowest BCUT2D eigenvalue weighted by Crippen LogP contribution is -2.43. The third-order valence-electron chi connectivity index (χ3n) is 3.93. The largest absolute Gasteiger partial charge is 0.484 e. The van der Waals surface area contributed by atoms with E-state index in [1.165, 1.54) is 0 Å². The van der Waals surface area contributed by atoms with Gasteiger partial charge in [-0.05, 0) is 29.7 Å². The number of hydrogen-bond acceptors (Lipinski definition) is 3. The number of rotatable bonds is 9. The molecule has 0 aliphatic rings. The van der Waals surface area contributed by atoms with Crippen molar-refractivity contribution in [2.24, 2.45) is 0 Å². The molecule has 5 heteroatoms. The molecule has 0 unspecified atom stereocenters. The molecule has 2 amide bonds. The molecule has 0 bridgehead atoms. The van der Waals surface area contributed by atoms with E-state index in [9.17, 15) is 9.59 Å². The predicted molar refractivity (Wildman–Crippen MR) is 102 cm³/mol. The Bertz CT molecular complexity index is 684. The second-order valence-electron chi connectivity index (χ2n) is 6.09. The highest BCUT2D eigenvalue weighted by molar-refractivity contribution is 5.82. The number of carbonyl (C=O) groups is 2. The van der Waals surface area contributed by atoms with Crippen molar-refractivity contribution >= 4 is 11.8 Å². The van der Waals surface area contributed by atoms with E-state index in [1.54, 1.807) is 0 Å². The average Bonchev–Trinajstić information content (AvgIpc) is 2.69. The molecule has 2 aromatic carbocycles. The highest BCUT2D eigenvalue weighted by atomic mass is 16.5. The molecule has 0 fully saturated rings. The van der Waals surface area contributed by atoms with E-state index in [4.69, 9.17) is 4.74 Å². The van der Waals surface area contributed by atoms with E-state index in [1.807, 2.05) is 54.6 Å². The van der Waals surface area contributed by atoms with Gasteiger partial charge in [-0.1, -0.05) is 68.7 Å². The maximum atomic E-state index is 11.7. The topological polar surface area (TPSA) is 67.4 Å². The van der Waals surface area contributed by atoms with Gasteiger partial charge in [0.15, 0.2) is 6.61 Å². The minimum atomic E-state index is -0.390. The summed E-state index contributed by atoms with van der Waals surface area (Å²) in [7, 11) is 0. The Balaban J connectivity index is 1.68. The van der Waals surface area contributed by atoms with Gasteiger partial charge in [0.25, 0.3) is 5.91 Å². The maximum Gasteiger partial charge on any atom is 0.276 e. The Labute approximate surface area is 154 Å². The highest BCUT2D eigenvalue weighted by Gasteiger charge is 2.06. The highest BCUT2D eigenvalue weighted by Crippen LogP contribution is 2.21. The smallest absolute Gasteiger partial charge is 0.276 e. The summed E-state index contributed by atoms with van der Waals surface area (Å²) in [6.07, 6.45) is 4.53. The van der Waals surface area contributed by atoms with E-state index in [2.05, 4.69) is 17.8 Å². The summed E-state index contributed by atoms with van der Waals surface area (Å²) in [5.41, 5.74) is 6.98. The molecule has 26 heavy (non-hydrogen) atoms. The van der Waals surface area contributed by atoms with Crippen LogP contribution >= 0.6 is 0 Å². The van der Waals surface area contributed by atoms with Crippen LogP contribution in [0.25, 0.3) is 11.1 Å². The normalized spacial score (nSPS) is 10.2. The summed E-state index contributed by atoms with van der Waals surface area (Å²) < 4.78 is 5.44. The lowest BCUT2D eigenvalue weighted by atomic mass is 10.1. The molecular formula is C21H26N2O3. The van der Waals surface area contributed by atoms with Gasteiger partial charge < -0.3 is 4.74 Å². The minimum Gasteiger partial charge on any atom is -0.484 e. The van der Waals surface area contributed by atoms with Crippen molar-refractivity contribution in [1.82, 2.24) is 10.9 Å². The third kappa shape index (κ3) is 6.97. The summed E-state index contributed by atoms with van der Waals surface area (Å²) in [5.74, 6) is 0.0337. The SMILES string of the molecule is CCCCCCC(=O)NNC(=O)COc1ccc(-c2ccccc2)cc1. The zero-order valence-electron chi connectivity index (χ0n) is 15.2. The van der Waals surface area contributed by atoms with Gasteiger partial charge in [-0.2, -0.15) is 0 Å². The standard InChI is InChI=1S/C21H26N2O3/c1-2-3-4-8-11-20(24)22-23-21(25)16-26-19-14-12-18(13-15-19)17-9-6-5-7-10-17/h5-7,9-10,12-15H,2-4,8,11,16H2,1H3,(H,22,24)(H,23,25). The number of carbonyl (C=O) groups excluding carboxylic acids is 2. The van der Waals surface area contributed by atoms with Crippen LogP contribution in [0.5, 0.6) is 5.75 Å². The van der Waals surface area contributed by atoms with Crippen LogP contribution in [0.15, 0.2) is 54.6 Å². The fourth-order valence-electron chi connectivity index (χ4n) is 2.47. The van der Waals surface area contributed by atoms with Crippen molar-refractivity contribution < 1.29 is 14.3 Å². The van der Waals surface area contributed by atoms with Crippen LogP contribution in [0.4, 0.5) is 0 Å². The zero-order chi connectivity index (χ0) is 18.6. The first kappa shape index (κ1) is 19.5. The summed E-state index contributed by atoms with van der Waals surface area (Å²) in [5, 5.41) is 0. The second-order valence-corrected chi connectivity index (χ2v) is 6.09. The molecule has 0 aromatic heterocycles. The van der Waals surface area contributed by atoms with Gasteiger partial charge in [0, 0.05) is 6.42 Å². The molecule has 0 heterocycles. The van der Waals surface area contributed by atoms with E-state index in [-0.39, 0.29) is 18.4 Å². The van der Waals surface area contributed by atoms with Gasteiger partial charge in [0.1, 0.15) is 5.75 Å². The molecule has 0 saturated heterocycles. The molecule has 2 N–H and O–H groups in total. The van der Waals surface area contributed by atoms with Crippen LogP contribution in [-0.4, -0.2) is 18.4 Å². The van der Waals surface area contributed by atoms with Crippen LogP contribution < -0.4 is 15.6 Å². The Kier molecular flexibility index (Phi) is 8.19. The van der Waals surface area contributed by atoms with Gasteiger partial charge in [-0.25, -0.2) is 0 Å². The Hall–Kier alpha value is -2.82. The molecule has 0 spiro atoms. The molecule has 2 aromatic rings. The van der Waals surface area contributed by atoms with E-state index >= 15 is 0 Å². The average molecular weight is 354 g/mol. The first-order valence-electron chi connectivity index (χ1n) is 9.05. The molecular weight excluding hydrogens is 328 g/mol. The van der Waals surface area contributed by atoms with Crippen molar-refractivity contribution in [1.29, 1.82) is 0 Å². The lowest BCUT2D eigenvalue weighted by molar-refractivity contribution is -0.130. The van der Waals surface area contributed by atoms with Gasteiger partial charge in [0.05, 0.1) is 0 Å². The fourth-order valence-corrected chi connectivity index (χ4v) is 2.47. The van der Waals surface area contributed by atoms with Crippen LogP contribution in [0, 0.1) is 0 Å². The predicted octanol–water partition coefficient (Wildman–Crippen LogP) is 3.85. The van der Waals surface area contributed by atoms with E-state index < -0.39 is 0 Å². The van der Waals surface area contributed by atoms with Gasteiger partial charge >= 0.3 is 0 Å². The van der Waals surface area contributed by atoms with Crippen LogP contribution in [0.2, 0.25) is 0 Å². The molecule has 0 saturated carbocycles. The van der Waals surface area contributed by atoms with Crippen LogP contribution in [0.3, 0.4) is 0 Å². The number of hydrazine groups is 1.